The molecule has 1 aliphatic heterocycles. The summed E-state index contributed by atoms with van der Waals surface area (Å²) < 4.78 is 5.86. The molecule has 162 valence electrons. The minimum absolute atomic E-state index is 0.0955. The summed E-state index contributed by atoms with van der Waals surface area (Å²) in [5.41, 5.74) is 7.08. The number of methoxy groups -OCH3 is 1. The van der Waals surface area contributed by atoms with Gasteiger partial charge in [-0.3, -0.25) is 14.9 Å². The Morgan fingerprint density at radius 3 is 2.19 bits per heavy atom. The number of amides is 2. The first-order chi connectivity index (χ1) is 14.5. The van der Waals surface area contributed by atoms with E-state index in [4.69, 9.17) is 4.74 Å². The molecule has 1 aliphatic carbocycles. The van der Waals surface area contributed by atoms with E-state index in [-0.39, 0.29) is 22.0 Å². The van der Waals surface area contributed by atoms with Crippen LogP contribution in [0.5, 0.6) is 5.75 Å². The predicted octanol–water partition coefficient (Wildman–Crippen LogP) is 6.34. The first kappa shape index (κ1) is 21.7. The molecule has 1 N–H and O–H groups in total. The van der Waals surface area contributed by atoms with Crippen molar-refractivity contribution in [3.8, 4) is 16.9 Å². The molecule has 5 heteroatoms. The maximum atomic E-state index is 12.0. The summed E-state index contributed by atoms with van der Waals surface area (Å²) in [5, 5.41) is 1.98. The van der Waals surface area contributed by atoms with Crippen LogP contribution >= 0.6 is 11.8 Å². The van der Waals surface area contributed by atoms with Gasteiger partial charge in [-0.25, -0.2) is 0 Å². The van der Waals surface area contributed by atoms with E-state index in [0.29, 0.717) is 4.91 Å². The third-order valence-electron chi connectivity index (χ3n) is 6.66. The standard InChI is InChI=1S/C26H29NO3S/c1-15-7-8-16(12-22-23(28)27-24(29)31-22)11-17(15)18-13-19-20(14-21(18)30-6)26(4,5)10-9-25(19,2)3/h7-8,11-14H,9-10H2,1-6H3,(H,27,28,29)/b22-12-. The van der Waals surface area contributed by atoms with Gasteiger partial charge in [-0.05, 0) is 94.4 Å². The predicted molar refractivity (Wildman–Crippen MR) is 128 cm³/mol. The second-order valence-corrected chi connectivity index (χ2v) is 10.8. The Bertz CT molecular complexity index is 1130. The summed E-state index contributed by atoms with van der Waals surface area (Å²) in [5.74, 6) is 0.521. The van der Waals surface area contributed by atoms with Gasteiger partial charge in [0, 0.05) is 5.56 Å². The van der Waals surface area contributed by atoms with Crippen molar-refractivity contribution in [2.45, 2.75) is 58.3 Å². The van der Waals surface area contributed by atoms with Crippen molar-refractivity contribution in [1.82, 2.24) is 5.32 Å². The minimum Gasteiger partial charge on any atom is -0.496 e. The second-order valence-electron chi connectivity index (χ2n) is 9.79. The van der Waals surface area contributed by atoms with Gasteiger partial charge < -0.3 is 4.74 Å². The van der Waals surface area contributed by atoms with Gasteiger partial charge in [-0.1, -0.05) is 39.8 Å². The van der Waals surface area contributed by atoms with Crippen molar-refractivity contribution in [2.24, 2.45) is 0 Å². The van der Waals surface area contributed by atoms with Gasteiger partial charge in [-0.2, -0.15) is 0 Å². The topological polar surface area (TPSA) is 55.4 Å². The van der Waals surface area contributed by atoms with Crippen LogP contribution in [0.2, 0.25) is 0 Å². The summed E-state index contributed by atoms with van der Waals surface area (Å²) in [4.78, 5) is 23.9. The van der Waals surface area contributed by atoms with Crippen LogP contribution in [0.4, 0.5) is 4.79 Å². The number of carbonyl (C=O) groups is 2. The molecule has 31 heavy (non-hydrogen) atoms. The molecule has 2 aromatic rings. The summed E-state index contributed by atoms with van der Waals surface area (Å²) >= 11 is 0.937. The van der Waals surface area contributed by atoms with Crippen molar-refractivity contribution in [1.29, 1.82) is 0 Å². The van der Waals surface area contributed by atoms with Gasteiger partial charge in [0.25, 0.3) is 11.1 Å². The van der Waals surface area contributed by atoms with Gasteiger partial charge in [-0.15, -0.1) is 0 Å². The molecule has 1 saturated heterocycles. The number of rotatable bonds is 3. The van der Waals surface area contributed by atoms with E-state index in [0.717, 1.165) is 52.6 Å². The number of benzene rings is 2. The largest absolute Gasteiger partial charge is 0.496 e. The third kappa shape index (κ3) is 3.91. The average Bonchev–Trinajstić information content (AvgIpc) is 3.03. The van der Waals surface area contributed by atoms with Gasteiger partial charge >= 0.3 is 0 Å². The molecule has 0 unspecified atom stereocenters. The van der Waals surface area contributed by atoms with Crippen molar-refractivity contribution in [3.63, 3.8) is 0 Å². The maximum Gasteiger partial charge on any atom is 0.290 e. The zero-order chi connectivity index (χ0) is 22.6. The number of hydrogen-bond acceptors (Lipinski definition) is 4. The highest BCUT2D eigenvalue weighted by Gasteiger charge is 2.38. The van der Waals surface area contributed by atoms with Crippen molar-refractivity contribution >= 4 is 29.0 Å². The monoisotopic (exact) mass is 435 g/mol. The average molecular weight is 436 g/mol. The molecule has 2 aromatic carbocycles. The number of hydrogen-bond donors (Lipinski definition) is 1. The maximum absolute atomic E-state index is 12.0. The molecule has 2 amide bonds. The molecule has 0 atom stereocenters. The Labute approximate surface area is 188 Å². The Hall–Kier alpha value is -2.53. The van der Waals surface area contributed by atoms with Gasteiger partial charge in [0.1, 0.15) is 5.75 Å². The zero-order valence-corrected chi connectivity index (χ0v) is 19.8. The SMILES string of the molecule is COc1cc2c(cc1-c1cc(/C=C3\SC(=O)NC3=O)ccc1C)C(C)(C)CCC2(C)C. The minimum atomic E-state index is -0.340. The quantitative estimate of drug-likeness (QED) is 0.571. The highest BCUT2D eigenvalue weighted by Crippen LogP contribution is 2.49. The van der Waals surface area contributed by atoms with Crippen molar-refractivity contribution < 1.29 is 14.3 Å². The fourth-order valence-corrected chi connectivity index (χ4v) is 5.25. The van der Waals surface area contributed by atoms with Crippen LogP contribution in [0.25, 0.3) is 17.2 Å². The van der Waals surface area contributed by atoms with Gasteiger partial charge in [0.15, 0.2) is 0 Å². The lowest BCUT2D eigenvalue weighted by Gasteiger charge is -2.42. The smallest absolute Gasteiger partial charge is 0.290 e. The molecule has 1 heterocycles. The summed E-state index contributed by atoms with van der Waals surface area (Å²) in [6.45, 7) is 11.3. The summed E-state index contributed by atoms with van der Waals surface area (Å²) in [6.07, 6.45) is 4.06. The van der Waals surface area contributed by atoms with Crippen LogP contribution in [0.15, 0.2) is 35.2 Å². The zero-order valence-electron chi connectivity index (χ0n) is 19.0. The fraction of sp³-hybridized carbons (Fsp3) is 0.385. The summed E-state index contributed by atoms with van der Waals surface area (Å²) in [6, 6.07) is 10.6. The third-order valence-corrected chi connectivity index (χ3v) is 7.48. The van der Waals surface area contributed by atoms with Crippen LogP contribution in [0.1, 0.15) is 62.8 Å². The van der Waals surface area contributed by atoms with E-state index in [1.807, 2.05) is 6.07 Å². The number of fused-ring (bicyclic) bond motifs is 1. The first-order valence-corrected chi connectivity index (χ1v) is 11.4. The fourth-order valence-electron chi connectivity index (χ4n) is 4.57. The molecular weight excluding hydrogens is 406 g/mol. The molecule has 4 rings (SSSR count). The normalized spacial score (nSPS) is 20.5. The first-order valence-electron chi connectivity index (χ1n) is 10.6. The van der Waals surface area contributed by atoms with Gasteiger partial charge in [0.05, 0.1) is 12.0 Å². The molecular formula is C26H29NO3S. The highest BCUT2D eigenvalue weighted by molar-refractivity contribution is 8.18. The Morgan fingerprint density at radius 1 is 0.968 bits per heavy atom. The number of aryl methyl sites for hydroxylation is 1. The van der Waals surface area contributed by atoms with E-state index in [9.17, 15) is 9.59 Å². The highest BCUT2D eigenvalue weighted by atomic mass is 32.2. The lowest BCUT2D eigenvalue weighted by molar-refractivity contribution is -0.115. The lowest BCUT2D eigenvalue weighted by Crippen LogP contribution is -2.33. The van der Waals surface area contributed by atoms with E-state index >= 15 is 0 Å². The van der Waals surface area contributed by atoms with Crippen LogP contribution in [-0.2, 0) is 15.6 Å². The molecule has 4 nitrogen and oxygen atoms in total. The number of carbonyl (C=O) groups excluding carboxylic acids is 2. The van der Waals surface area contributed by atoms with Crippen molar-refractivity contribution in [2.75, 3.05) is 7.11 Å². The molecule has 2 aliphatic rings. The number of imide groups is 1. The van der Waals surface area contributed by atoms with E-state index in [1.165, 1.54) is 11.1 Å². The molecule has 0 saturated carbocycles. The van der Waals surface area contributed by atoms with Crippen LogP contribution in [-0.4, -0.2) is 18.3 Å². The van der Waals surface area contributed by atoms with Gasteiger partial charge in [0.2, 0.25) is 0 Å². The molecule has 0 radical (unpaired) electrons. The molecule has 0 spiro atoms. The molecule has 1 fully saturated rings. The van der Waals surface area contributed by atoms with E-state index < -0.39 is 0 Å². The Balaban J connectivity index is 1.88. The Morgan fingerprint density at radius 2 is 1.61 bits per heavy atom. The number of thioether (sulfide) groups is 1. The van der Waals surface area contributed by atoms with Crippen LogP contribution in [0, 0.1) is 6.92 Å². The lowest BCUT2D eigenvalue weighted by atomic mass is 9.62. The Kier molecular flexibility index (Phi) is 5.29. The van der Waals surface area contributed by atoms with Crippen molar-refractivity contribution in [3.05, 3.63) is 57.5 Å². The van der Waals surface area contributed by atoms with E-state index in [2.05, 4.69) is 64.2 Å². The molecule has 0 bridgehead atoms. The number of ether oxygens (including phenoxy) is 1. The molecule has 0 aromatic heterocycles. The van der Waals surface area contributed by atoms with E-state index in [1.54, 1.807) is 13.2 Å². The number of nitrogens with one attached hydrogen (secondary N) is 1. The van der Waals surface area contributed by atoms with Crippen LogP contribution in [0.3, 0.4) is 0 Å². The summed E-state index contributed by atoms with van der Waals surface area (Å²) in [7, 11) is 1.72. The second kappa shape index (κ2) is 7.56. The van der Waals surface area contributed by atoms with Crippen LogP contribution < -0.4 is 10.1 Å².